The first kappa shape index (κ1) is 21.7. The van der Waals surface area contributed by atoms with Crippen molar-refractivity contribution >= 4 is 34.4 Å². The van der Waals surface area contributed by atoms with Crippen molar-refractivity contribution < 1.29 is 14.0 Å². The third kappa shape index (κ3) is 4.24. The Labute approximate surface area is 195 Å². The summed E-state index contributed by atoms with van der Waals surface area (Å²) in [6, 6.07) is 10.4. The summed E-state index contributed by atoms with van der Waals surface area (Å²) in [6.45, 7) is 2.64. The Morgan fingerprint density at radius 2 is 1.82 bits per heavy atom. The minimum atomic E-state index is -0.545. The Kier molecular flexibility index (Phi) is 5.75. The summed E-state index contributed by atoms with van der Waals surface area (Å²) in [4.78, 5) is 39.3. The van der Waals surface area contributed by atoms with Gasteiger partial charge in [0.2, 0.25) is 0 Å². The second kappa shape index (κ2) is 9.01. The summed E-state index contributed by atoms with van der Waals surface area (Å²) in [6.07, 6.45) is 5.57. The van der Waals surface area contributed by atoms with Gasteiger partial charge >= 0.3 is 0 Å². The number of halogens is 1. The lowest BCUT2D eigenvalue weighted by Gasteiger charge is -2.13. The van der Waals surface area contributed by atoms with Gasteiger partial charge in [0.1, 0.15) is 22.9 Å². The molecule has 1 aliphatic heterocycles. The fourth-order valence-corrected chi connectivity index (χ4v) is 4.19. The molecule has 9 heteroatoms. The van der Waals surface area contributed by atoms with E-state index in [1.807, 2.05) is 6.92 Å². The number of hydrogen-bond acceptors (Lipinski definition) is 5. The van der Waals surface area contributed by atoms with Gasteiger partial charge in [0.15, 0.2) is 5.65 Å². The van der Waals surface area contributed by atoms with Crippen molar-refractivity contribution in [2.24, 2.45) is 0 Å². The van der Waals surface area contributed by atoms with E-state index < -0.39 is 17.6 Å². The molecular weight excluding hydrogens is 435 g/mol. The van der Waals surface area contributed by atoms with Crippen molar-refractivity contribution in [2.45, 2.75) is 39.2 Å². The molecule has 0 spiro atoms. The van der Waals surface area contributed by atoms with E-state index in [9.17, 15) is 14.0 Å². The maximum absolute atomic E-state index is 14.1. The van der Waals surface area contributed by atoms with E-state index in [1.165, 1.54) is 24.4 Å². The molecule has 2 N–H and O–H groups in total. The van der Waals surface area contributed by atoms with Crippen LogP contribution in [-0.2, 0) is 13.0 Å². The van der Waals surface area contributed by atoms with Crippen molar-refractivity contribution in [3.8, 4) is 0 Å². The molecule has 2 amide bonds. The zero-order valence-corrected chi connectivity index (χ0v) is 18.6. The average Bonchev–Trinajstić information content (AvgIpc) is 3.01. The molecular formula is C25H23FN6O2. The zero-order chi connectivity index (χ0) is 23.7. The number of rotatable bonds is 4. The summed E-state index contributed by atoms with van der Waals surface area (Å²) < 4.78 is 16.2. The van der Waals surface area contributed by atoms with E-state index in [0.29, 0.717) is 22.4 Å². The van der Waals surface area contributed by atoms with Crippen LogP contribution in [0.15, 0.2) is 48.7 Å². The molecule has 4 heterocycles. The van der Waals surface area contributed by atoms with Crippen LogP contribution in [0.3, 0.4) is 0 Å². The SMILES string of the molecule is Cc1cc(C(=O)Nc2cc(F)ccc2NC(=O)c2ccccn2)c2nc3n(c2n1)CCCCC3. The van der Waals surface area contributed by atoms with E-state index in [2.05, 4.69) is 25.2 Å². The molecule has 0 aliphatic carbocycles. The van der Waals surface area contributed by atoms with Crippen molar-refractivity contribution in [3.05, 3.63) is 77.3 Å². The van der Waals surface area contributed by atoms with Gasteiger partial charge in [-0.25, -0.2) is 14.4 Å². The van der Waals surface area contributed by atoms with Gasteiger partial charge in [-0.2, -0.15) is 0 Å². The van der Waals surface area contributed by atoms with Crippen molar-refractivity contribution in [2.75, 3.05) is 10.6 Å². The van der Waals surface area contributed by atoms with Crippen molar-refractivity contribution in [1.82, 2.24) is 19.5 Å². The maximum atomic E-state index is 14.1. The minimum Gasteiger partial charge on any atom is -0.320 e. The second-order valence-corrected chi connectivity index (χ2v) is 8.29. The summed E-state index contributed by atoms with van der Waals surface area (Å²) in [5, 5.41) is 5.44. The Morgan fingerprint density at radius 1 is 0.971 bits per heavy atom. The largest absolute Gasteiger partial charge is 0.320 e. The number of pyridine rings is 2. The highest BCUT2D eigenvalue weighted by atomic mass is 19.1. The quantitative estimate of drug-likeness (QED) is 0.469. The molecule has 0 saturated heterocycles. The molecule has 0 fully saturated rings. The van der Waals surface area contributed by atoms with Gasteiger partial charge in [-0.05, 0) is 56.2 Å². The number of fused-ring (bicyclic) bond motifs is 3. The number of nitrogens with zero attached hydrogens (tertiary/aromatic N) is 4. The average molecular weight is 458 g/mol. The molecule has 0 saturated carbocycles. The van der Waals surface area contributed by atoms with Crippen LogP contribution in [0.25, 0.3) is 11.2 Å². The number of carbonyl (C=O) groups is 2. The fraction of sp³-hybridized carbons (Fsp3) is 0.240. The van der Waals surface area contributed by atoms with Gasteiger partial charge in [-0.3, -0.25) is 14.6 Å². The predicted octanol–water partition coefficient (Wildman–Crippen LogP) is 4.50. The monoisotopic (exact) mass is 458 g/mol. The number of imidazole rings is 1. The molecule has 1 aromatic carbocycles. The molecule has 34 heavy (non-hydrogen) atoms. The molecule has 0 atom stereocenters. The topological polar surface area (TPSA) is 102 Å². The lowest BCUT2D eigenvalue weighted by atomic mass is 10.1. The van der Waals surface area contributed by atoms with E-state index in [-0.39, 0.29) is 17.1 Å². The number of nitrogens with one attached hydrogen (secondary N) is 2. The molecule has 0 bridgehead atoms. The number of aromatic nitrogens is 4. The predicted molar refractivity (Wildman–Crippen MR) is 126 cm³/mol. The van der Waals surface area contributed by atoms with Crippen LogP contribution >= 0.6 is 0 Å². The Morgan fingerprint density at radius 3 is 2.65 bits per heavy atom. The van der Waals surface area contributed by atoms with Gasteiger partial charge < -0.3 is 15.2 Å². The highest BCUT2D eigenvalue weighted by Gasteiger charge is 2.22. The Balaban J connectivity index is 1.48. The normalized spacial score (nSPS) is 13.2. The van der Waals surface area contributed by atoms with Crippen LogP contribution in [0.5, 0.6) is 0 Å². The van der Waals surface area contributed by atoms with Crippen LogP contribution in [-0.4, -0.2) is 31.3 Å². The Bertz CT molecular complexity index is 1400. The maximum Gasteiger partial charge on any atom is 0.274 e. The van der Waals surface area contributed by atoms with Crippen LogP contribution in [0.2, 0.25) is 0 Å². The van der Waals surface area contributed by atoms with Crippen molar-refractivity contribution in [3.63, 3.8) is 0 Å². The van der Waals surface area contributed by atoms with Crippen LogP contribution in [0.1, 0.15) is 51.6 Å². The first-order chi connectivity index (χ1) is 16.5. The molecule has 5 rings (SSSR count). The third-order valence-corrected chi connectivity index (χ3v) is 5.81. The Hall–Kier alpha value is -4.14. The number of aryl methyl sites for hydroxylation is 3. The van der Waals surface area contributed by atoms with E-state index >= 15 is 0 Å². The van der Waals surface area contributed by atoms with Crippen LogP contribution in [0, 0.1) is 12.7 Å². The van der Waals surface area contributed by atoms with Gasteiger partial charge in [0, 0.05) is 24.9 Å². The summed E-state index contributed by atoms with van der Waals surface area (Å²) in [7, 11) is 0. The smallest absolute Gasteiger partial charge is 0.274 e. The van der Waals surface area contributed by atoms with E-state index in [1.54, 1.807) is 24.3 Å². The first-order valence-electron chi connectivity index (χ1n) is 11.2. The number of anilines is 2. The molecule has 8 nitrogen and oxygen atoms in total. The number of carbonyl (C=O) groups excluding carboxylic acids is 2. The van der Waals surface area contributed by atoms with Gasteiger partial charge in [0.05, 0.1) is 16.9 Å². The first-order valence-corrected chi connectivity index (χ1v) is 11.2. The summed E-state index contributed by atoms with van der Waals surface area (Å²) >= 11 is 0. The van der Waals surface area contributed by atoms with Gasteiger partial charge in [0.25, 0.3) is 11.8 Å². The highest BCUT2D eigenvalue weighted by molar-refractivity contribution is 6.13. The summed E-state index contributed by atoms with van der Waals surface area (Å²) in [5.41, 5.74) is 2.85. The standard InChI is InChI=1S/C25H23FN6O2/c1-15-13-17(22-23(28-15)32-12-6-2-3-8-21(32)31-22)24(33)30-20-14-16(26)9-10-18(20)29-25(34)19-7-4-5-11-27-19/h4-5,7,9-11,13-14H,2-3,6,8,12H2,1H3,(H,29,34)(H,30,33). The lowest BCUT2D eigenvalue weighted by Crippen LogP contribution is -2.18. The molecule has 0 unspecified atom stereocenters. The number of amides is 2. The molecule has 172 valence electrons. The number of hydrogen-bond donors (Lipinski definition) is 2. The van der Waals surface area contributed by atoms with Gasteiger partial charge in [-0.1, -0.05) is 12.5 Å². The lowest BCUT2D eigenvalue weighted by molar-refractivity contribution is 0.101. The van der Waals surface area contributed by atoms with Crippen LogP contribution < -0.4 is 10.6 Å². The van der Waals surface area contributed by atoms with E-state index in [0.717, 1.165) is 38.1 Å². The molecule has 4 aromatic rings. The second-order valence-electron chi connectivity index (χ2n) is 8.29. The van der Waals surface area contributed by atoms with E-state index in [4.69, 9.17) is 4.98 Å². The zero-order valence-electron chi connectivity index (χ0n) is 18.6. The highest BCUT2D eigenvalue weighted by Crippen LogP contribution is 2.27. The molecule has 3 aromatic heterocycles. The van der Waals surface area contributed by atoms with Gasteiger partial charge in [-0.15, -0.1) is 0 Å². The number of benzene rings is 1. The van der Waals surface area contributed by atoms with Crippen LogP contribution in [0.4, 0.5) is 15.8 Å². The molecule has 0 radical (unpaired) electrons. The minimum absolute atomic E-state index is 0.137. The van der Waals surface area contributed by atoms with Crippen molar-refractivity contribution in [1.29, 1.82) is 0 Å². The third-order valence-electron chi connectivity index (χ3n) is 5.81. The molecule has 1 aliphatic rings. The summed E-state index contributed by atoms with van der Waals surface area (Å²) in [5.74, 6) is -0.546. The fourth-order valence-electron chi connectivity index (χ4n) is 4.19.